The lowest BCUT2D eigenvalue weighted by atomic mass is 9.99. The lowest BCUT2D eigenvalue weighted by Crippen LogP contribution is -2.44. The van der Waals surface area contributed by atoms with Gasteiger partial charge in [-0.05, 0) is 36.7 Å². The molecule has 6 heteroatoms. The minimum Gasteiger partial charge on any atom is -0.352 e. The average Bonchev–Trinajstić information content (AvgIpc) is 2.31. The maximum absolute atomic E-state index is 11.6. The Hall–Kier alpha value is -1.40. The normalized spacial score (nSPS) is 15.8. The number of nitrogens with one attached hydrogen (secondary N) is 2. The Morgan fingerprint density at radius 2 is 1.95 bits per heavy atom. The van der Waals surface area contributed by atoms with Gasteiger partial charge in [0.05, 0.1) is 4.90 Å². The zero-order chi connectivity index (χ0) is 13.9. The molecule has 19 heavy (non-hydrogen) atoms. The molecule has 1 aromatic rings. The second-order valence-electron chi connectivity index (χ2n) is 4.92. The van der Waals surface area contributed by atoms with Crippen molar-refractivity contribution in [3.63, 3.8) is 0 Å². The van der Waals surface area contributed by atoms with Gasteiger partial charge in [0, 0.05) is 19.2 Å². The van der Waals surface area contributed by atoms with Crippen LogP contribution >= 0.6 is 0 Å². The number of carbonyl (C=O) groups excluding carboxylic acids is 1. The Bertz CT molecular complexity index is 548. The molecule has 0 bridgehead atoms. The van der Waals surface area contributed by atoms with Crippen molar-refractivity contribution < 1.29 is 13.2 Å². The molecule has 0 radical (unpaired) electrons. The van der Waals surface area contributed by atoms with E-state index in [2.05, 4.69) is 10.6 Å². The van der Waals surface area contributed by atoms with Crippen molar-refractivity contribution in [2.45, 2.75) is 17.9 Å². The molecule has 1 fully saturated rings. The monoisotopic (exact) mass is 282 g/mol. The summed E-state index contributed by atoms with van der Waals surface area (Å²) in [4.78, 5) is 11.9. The predicted molar refractivity (Wildman–Crippen MR) is 72.4 cm³/mol. The Balaban J connectivity index is 1.84. The fourth-order valence-corrected chi connectivity index (χ4v) is 2.51. The van der Waals surface area contributed by atoms with E-state index in [1.54, 1.807) is 24.3 Å². The summed E-state index contributed by atoms with van der Waals surface area (Å²) >= 11 is 0. The summed E-state index contributed by atoms with van der Waals surface area (Å²) in [6, 6.07) is 6.57. The summed E-state index contributed by atoms with van der Waals surface area (Å²) in [6.07, 6.45) is 1.73. The van der Waals surface area contributed by atoms with Gasteiger partial charge < -0.3 is 10.6 Å². The molecule has 1 heterocycles. The lowest BCUT2D eigenvalue weighted by molar-refractivity contribution is -0.122. The minimum atomic E-state index is -3.16. The van der Waals surface area contributed by atoms with Crippen molar-refractivity contribution in [1.82, 2.24) is 10.6 Å². The molecule has 0 unspecified atom stereocenters. The highest BCUT2D eigenvalue weighted by molar-refractivity contribution is 7.90. The van der Waals surface area contributed by atoms with Crippen LogP contribution in [0.4, 0.5) is 0 Å². The second-order valence-corrected chi connectivity index (χ2v) is 6.94. The molecule has 2 rings (SSSR count). The van der Waals surface area contributed by atoms with Gasteiger partial charge in [-0.3, -0.25) is 4.79 Å². The van der Waals surface area contributed by atoms with Crippen LogP contribution in [0.3, 0.4) is 0 Å². The molecule has 1 aliphatic rings. The van der Waals surface area contributed by atoms with Gasteiger partial charge in [0.2, 0.25) is 5.91 Å². The van der Waals surface area contributed by atoms with Crippen molar-refractivity contribution >= 4 is 15.7 Å². The number of benzene rings is 1. The van der Waals surface area contributed by atoms with Crippen molar-refractivity contribution in [2.24, 2.45) is 5.92 Å². The van der Waals surface area contributed by atoms with Gasteiger partial charge in [0.1, 0.15) is 0 Å². The number of hydrogen-bond acceptors (Lipinski definition) is 4. The number of hydrogen-bond donors (Lipinski definition) is 2. The van der Waals surface area contributed by atoms with E-state index in [0.29, 0.717) is 23.8 Å². The van der Waals surface area contributed by atoms with Crippen LogP contribution in [0.1, 0.15) is 12.0 Å². The molecule has 1 aliphatic heterocycles. The predicted octanol–water partition coefficient (Wildman–Crippen LogP) is 0.316. The fraction of sp³-hybridized carbons (Fsp3) is 0.462. The van der Waals surface area contributed by atoms with Crippen molar-refractivity contribution in [3.8, 4) is 0 Å². The number of carbonyl (C=O) groups is 1. The molecule has 1 aromatic carbocycles. The molecule has 1 saturated heterocycles. The minimum absolute atomic E-state index is 0.0405. The summed E-state index contributed by atoms with van der Waals surface area (Å²) in [5.41, 5.74) is 0.896. The first-order valence-electron chi connectivity index (χ1n) is 6.21. The third-order valence-electron chi connectivity index (χ3n) is 3.18. The largest absolute Gasteiger partial charge is 0.352 e. The first-order valence-corrected chi connectivity index (χ1v) is 8.11. The summed E-state index contributed by atoms with van der Waals surface area (Å²) < 4.78 is 22.6. The zero-order valence-electron chi connectivity index (χ0n) is 10.8. The molecule has 5 nitrogen and oxygen atoms in total. The average molecular weight is 282 g/mol. The van der Waals surface area contributed by atoms with Crippen molar-refractivity contribution in [3.05, 3.63) is 29.8 Å². The Morgan fingerprint density at radius 3 is 2.42 bits per heavy atom. The maximum Gasteiger partial charge on any atom is 0.220 e. The van der Waals surface area contributed by atoms with Gasteiger partial charge in [0.15, 0.2) is 9.84 Å². The summed E-state index contributed by atoms with van der Waals surface area (Å²) in [5, 5.41) is 5.96. The van der Waals surface area contributed by atoms with Crippen LogP contribution in [-0.4, -0.2) is 33.7 Å². The molecule has 0 aliphatic carbocycles. The van der Waals surface area contributed by atoms with E-state index in [-0.39, 0.29) is 5.91 Å². The van der Waals surface area contributed by atoms with Crippen LogP contribution < -0.4 is 10.6 Å². The van der Waals surface area contributed by atoms with Crippen LogP contribution in [0.5, 0.6) is 0 Å². The topological polar surface area (TPSA) is 75.3 Å². The summed E-state index contributed by atoms with van der Waals surface area (Å²) in [6.45, 7) is 2.26. The standard InChI is InChI=1S/C13H18N2O3S/c1-19(17,18)12-4-2-10(3-5-12)9-15-13(16)6-11-7-14-8-11/h2-5,11,14H,6-9H2,1H3,(H,15,16). The molecule has 1 amide bonds. The Labute approximate surface area is 113 Å². The van der Waals surface area contributed by atoms with E-state index in [1.807, 2.05) is 0 Å². The van der Waals surface area contributed by atoms with Gasteiger partial charge in [-0.1, -0.05) is 12.1 Å². The van der Waals surface area contributed by atoms with E-state index in [4.69, 9.17) is 0 Å². The van der Waals surface area contributed by atoms with Gasteiger partial charge >= 0.3 is 0 Å². The van der Waals surface area contributed by atoms with Gasteiger partial charge in [-0.15, -0.1) is 0 Å². The SMILES string of the molecule is CS(=O)(=O)c1ccc(CNC(=O)CC2CNC2)cc1. The quantitative estimate of drug-likeness (QED) is 0.815. The highest BCUT2D eigenvalue weighted by Gasteiger charge is 2.19. The van der Waals surface area contributed by atoms with Crippen LogP contribution in [0, 0.1) is 5.92 Å². The van der Waals surface area contributed by atoms with E-state index in [0.717, 1.165) is 18.7 Å². The van der Waals surface area contributed by atoms with E-state index in [1.165, 1.54) is 6.26 Å². The first-order chi connectivity index (χ1) is 8.95. The second kappa shape index (κ2) is 5.71. The number of rotatable bonds is 5. The van der Waals surface area contributed by atoms with E-state index >= 15 is 0 Å². The van der Waals surface area contributed by atoms with Gasteiger partial charge in [0.25, 0.3) is 0 Å². The zero-order valence-corrected chi connectivity index (χ0v) is 11.7. The molecule has 0 spiro atoms. The molecule has 104 valence electrons. The molecular weight excluding hydrogens is 264 g/mol. The molecule has 2 N–H and O–H groups in total. The fourth-order valence-electron chi connectivity index (χ4n) is 1.88. The smallest absolute Gasteiger partial charge is 0.220 e. The van der Waals surface area contributed by atoms with Crippen molar-refractivity contribution in [1.29, 1.82) is 0 Å². The summed E-state index contributed by atoms with van der Waals surface area (Å²) in [5.74, 6) is 0.492. The lowest BCUT2D eigenvalue weighted by Gasteiger charge is -2.26. The first kappa shape index (κ1) is 14.0. The molecule has 0 aromatic heterocycles. The van der Waals surface area contributed by atoms with Crippen LogP contribution in [0.25, 0.3) is 0 Å². The van der Waals surface area contributed by atoms with E-state index < -0.39 is 9.84 Å². The highest BCUT2D eigenvalue weighted by Crippen LogP contribution is 2.11. The van der Waals surface area contributed by atoms with Gasteiger partial charge in [-0.25, -0.2) is 8.42 Å². The third kappa shape index (κ3) is 4.04. The summed E-state index contributed by atoms with van der Waals surface area (Å²) in [7, 11) is -3.16. The number of sulfone groups is 1. The van der Waals surface area contributed by atoms with Crippen LogP contribution in [0.15, 0.2) is 29.2 Å². The Kier molecular flexibility index (Phi) is 4.21. The third-order valence-corrected chi connectivity index (χ3v) is 4.31. The highest BCUT2D eigenvalue weighted by atomic mass is 32.2. The van der Waals surface area contributed by atoms with E-state index in [9.17, 15) is 13.2 Å². The van der Waals surface area contributed by atoms with Crippen LogP contribution in [-0.2, 0) is 21.2 Å². The molecular formula is C13H18N2O3S. The molecule has 0 saturated carbocycles. The number of amides is 1. The van der Waals surface area contributed by atoms with Gasteiger partial charge in [-0.2, -0.15) is 0 Å². The molecule has 0 atom stereocenters. The Morgan fingerprint density at radius 1 is 1.32 bits per heavy atom. The maximum atomic E-state index is 11.6. The van der Waals surface area contributed by atoms with Crippen molar-refractivity contribution in [2.75, 3.05) is 19.3 Å². The van der Waals surface area contributed by atoms with Crippen LogP contribution in [0.2, 0.25) is 0 Å².